The molecular weight excluding hydrogens is 432 g/mol. The number of nitrogens with zero attached hydrogens (tertiary/aromatic N) is 2. The molecule has 1 fully saturated rings. The molecule has 1 saturated heterocycles. The second kappa shape index (κ2) is 9.61. The predicted octanol–water partition coefficient (Wildman–Crippen LogP) is 4.25. The van der Waals surface area contributed by atoms with Gasteiger partial charge in [0.25, 0.3) is 5.91 Å². The molecule has 2 N–H and O–H groups in total. The largest absolute Gasteiger partial charge is 0.496 e. The van der Waals surface area contributed by atoms with E-state index in [1.807, 2.05) is 54.3 Å². The van der Waals surface area contributed by atoms with E-state index in [4.69, 9.17) is 14.3 Å². The molecule has 8 nitrogen and oxygen atoms in total. The smallest absolute Gasteiger partial charge is 0.254 e. The van der Waals surface area contributed by atoms with Crippen LogP contribution in [-0.2, 0) is 4.84 Å². The van der Waals surface area contributed by atoms with Crippen molar-refractivity contribution in [2.75, 3.05) is 20.3 Å². The molecule has 2 aliphatic rings. The van der Waals surface area contributed by atoms with Crippen LogP contribution >= 0.6 is 0 Å². The first-order valence-electron chi connectivity index (χ1n) is 11.4. The van der Waals surface area contributed by atoms with Crippen molar-refractivity contribution in [3.63, 3.8) is 0 Å². The van der Waals surface area contributed by atoms with E-state index >= 15 is 0 Å². The average Bonchev–Trinajstić information content (AvgIpc) is 3.64. The van der Waals surface area contributed by atoms with Gasteiger partial charge in [-0.3, -0.25) is 9.89 Å². The van der Waals surface area contributed by atoms with Gasteiger partial charge in [0.1, 0.15) is 23.9 Å². The molecule has 0 radical (unpaired) electrons. The second-order valence-corrected chi connectivity index (χ2v) is 8.55. The number of aromatic nitrogens is 2. The van der Waals surface area contributed by atoms with Crippen molar-refractivity contribution in [1.82, 2.24) is 20.6 Å². The van der Waals surface area contributed by atoms with Crippen LogP contribution in [0.4, 0.5) is 0 Å². The summed E-state index contributed by atoms with van der Waals surface area (Å²) in [4.78, 5) is 20.7. The minimum Gasteiger partial charge on any atom is -0.496 e. The number of aromatic amines is 1. The number of ether oxygens (including phenoxy) is 2. The number of rotatable bonds is 7. The number of benzene rings is 2. The predicted molar refractivity (Wildman–Crippen MR) is 127 cm³/mol. The van der Waals surface area contributed by atoms with E-state index in [-0.39, 0.29) is 18.0 Å². The summed E-state index contributed by atoms with van der Waals surface area (Å²) in [5.74, 6) is 2.27. The number of hydroxylamine groups is 1. The lowest BCUT2D eigenvalue weighted by Crippen LogP contribution is -2.30. The Balaban J connectivity index is 1.32. The molecule has 1 amide bonds. The highest BCUT2D eigenvalue weighted by Gasteiger charge is 2.31. The highest BCUT2D eigenvalue weighted by molar-refractivity contribution is 5.96. The third-order valence-corrected chi connectivity index (χ3v) is 6.25. The molecule has 5 rings (SSSR count). The fourth-order valence-electron chi connectivity index (χ4n) is 4.58. The lowest BCUT2D eigenvalue weighted by atomic mass is 10.0. The first-order chi connectivity index (χ1) is 16.6. The van der Waals surface area contributed by atoms with E-state index in [2.05, 4.69) is 21.7 Å². The van der Waals surface area contributed by atoms with Crippen LogP contribution in [0.1, 0.15) is 41.7 Å². The van der Waals surface area contributed by atoms with Crippen molar-refractivity contribution in [3.05, 3.63) is 77.8 Å². The summed E-state index contributed by atoms with van der Waals surface area (Å²) in [5.41, 5.74) is 6.41. The molecule has 0 aliphatic carbocycles. The van der Waals surface area contributed by atoms with Crippen LogP contribution in [0.15, 0.2) is 66.7 Å². The van der Waals surface area contributed by atoms with E-state index in [0.717, 1.165) is 41.0 Å². The van der Waals surface area contributed by atoms with Crippen LogP contribution in [-0.4, -0.2) is 47.3 Å². The SMILES string of the molecule is COc1cc(C(=O)N2CCCC2c2cccc(OCC3C=C(C)ON3)c2)ccc1-c1cn[nH]c1. The fraction of sp³-hybridized carbons (Fsp3) is 0.308. The van der Waals surface area contributed by atoms with Gasteiger partial charge in [-0.15, -0.1) is 5.48 Å². The van der Waals surface area contributed by atoms with Crippen molar-refractivity contribution < 1.29 is 19.1 Å². The number of likely N-dealkylation sites (tertiary alicyclic amines) is 1. The number of carbonyl (C=O) groups excluding carboxylic acids is 1. The van der Waals surface area contributed by atoms with E-state index < -0.39 is 0 Å². The van der Waals surface area contributed by atoms with Crippen LogP contribution in [0, 0.1) is 0 Å². The van der Waals surface area contributed by atoms with Gasteiger partial charge in [0.05, 0.1) is 25.4 Å². The van der Waals surface area contributed by atoms with Crippen LogP contribution in [0.25, 0.3) is 11.1 Å². The highest BCUT2D eigenvalue weighted by atomic mass is 16.7. The Kier molecular flexibility index (Phi) is 6.22. The Labute approximate surface area is 198 Å². The summed E-state index contributed by atoms with van der Waals surface area (Å²) in [5, 5.41) is 6.82. The summed E-state index contributed by atoms with van der Waals surface area (Å²) in [6, 6.07) is 13.6. The molecule has 0 bridgehead atoms. The van der Waals surface area contributed by atoms with Gasteiger partial charge >= 0.3 is 0 Å². The Bertz CT molecular complexity index is 1190. The topological polar surface area (TPSA) is 88.7 Å². The molecule has 3 aromatic rings. The number of H-pyrrole nitrogens is 1. The van der Waals surface area contributed by atoms with Crippen molar-refractivity contribution in [2.24, 2.45) is 0 Å². The zero-order valence-corrected chi connectivity index (χ0v) is 19.3. The quantitative estimate of drug-likeness (QED) is 0.548. The lowest BCUT2D eigenvalue weighted by molar-refractivity contribution is 0.0734. The van der Waals surface area contributed by atoms with Gasteiger partial charge in [-0.25, -0.2) is 0 Å². The molecule has 2 aromatic carbocycles. The third-order valence-electron chi connectivity index (χ3n) is 6.25. The molecule has 1 aromatic heterocycles. The minimum atomic E-state index is -0.00113. The molecule has 2 atom stereocenters. The monoisotopic (exact) mass is 460 g/mol. The first kappa shape index (κ1) is 22.0. The average molecular weight is 461 g/mol. The minimum absolute atomic E-state index is 0.00113. The zero-order chi connectivity index (χ0) is 23.5. The molecule has 2 aliphatic heterocycles. The summed E-state index contributed by atoms with van der Waals surface area (Å²) >= 11 is 0. The normalized spacial score (nSPS) is 19.6. The molecule has 3 heterocycles. The molecule has 34 heavy (non-hydrogen) atoms. The number of carbonyl (C=O) groups is 1. The van der Waals surface area contributed by atoms with Crippen molar-refractivity contribution >= 4 is 5.91 Å². The maximum atomic E-state index is 13.5. The molecule has 0 saturated carbocycles. The summed E-state index contributed by atoms with van der Waals surface area (Å²) in [6.45, 7) is 3.09. The number of hydrogen-bond acceptors (Lipinski definition) is 6. The number of allylic oxidation sites excluding steroid dienone is 1. The summed E-state index contributed by atoms with van der Waals surface area (Å²) in [6.07, 6.45) is 7.40. The first-order valence-corrected chi connectivity index (χ1v) is 11.4. The van der Waals surface area contributed by atoms with Crippen LogP contribution in [0.2, 0.25) is 0 Å². The Morgan fingerprint density at radius 2 is 2.18 bits per heavy atom. The van der Waals surface area contributed by atoms with E-state index in [0.29, 0.717) is 24.5 Å². The van der Waals surface area contributed by atoms with Gasteiger partial charge in [-0.05, 0) is 61.7 Å². The maximum absolute atomic E-state index is 13.5. The van der Waals surface area contributed by atoms with Gasteiger partial charge in [0.2, 0.25) is 0 Å². The van der Waals surface area contributed by atoms with Crippen molar-refractivity contribution in [2.45, 2.75) is 31.8 Å². The van der Waals surface area contributed by atoms with Crippen molar-refractivity contribution in [1.29, 1.82) is 0 Å². The summed E-state index contributed by atoms with van der Waals surface area (Å²) < 4.78 is 11.6. The second-order valence-electron chi connectivity index (χ2n) is 8.55. The van der Waals surface area contributed by atoms with E-state index in [1.165, 1.54) is 0 Å². The van der Waals surface area contributed by atoms with Gasteiger partial charge in [0, 0.05) is 29.4 Å². The van der Waals surface area contributed by atoms with Crippen LogP contribution in [0.3, 0.4) is 0 Å². The molecule has 176 valence electrons. The molecular formula is C26H28N4O4. The molecule has 0 spiro atoms. The number of nitrogens with one attached hydrogen (secondary N) is 2. The summed E-state index contributed by atoms with van der Waals surface area (Å²) in [7, 11) is 1.61. The Hall–Kier alpha value is -3.78. The van der Waals surface area contributed by atoms with Gasteiger partial charge in [-0.2, -0.15) is 5.10 Å². The Morgan fingerprint density at radius 1 is 1.26 bits per heavy atom. The standard InChI is InChI=1S/C26H28N4O4/c1-17-11-21(29-34-17)16-33-22-6-3-5-18(12-22)24-7-4-10-30(24)26(31)19-8-9-23(25(13-19)32-2)20-14-27-28-15-20/h3,5-6,8-9,11-15,21,24,29H,4,7,10,16H2,1-2H3,(H,27,28). The zero-order valence-electron chi connectivity index (χ0n) is 19.3. The molecule has 8 heteroatoms. The third kappa shape index (κ3) is 4.49. The molecule has 2 unspecified atom stereocenters. The van der Waals surface area contributed by atoms with Crippen molar-refractivity contribution in [3.8, 4) is 22.6 Å². The van der Waals surface area contributed by atoms with Crippen LogP contribution in [0.5, 0.6) is 11.5 Å². The van der Waals surface area contributed by atoms with E-state index in [9.17, 15) is 4.79 Å². The highest BCUT2D eigenvalue weighted by Crippen LogP contribution is 2.36. The lowest BCUT2D eigenvalue weighted by Gasteiger charge is -2.26. The number of hydrogen-bond donors (Lipinski definition) is 2. The van der Waals surface area contributed by atoms with Crippen LogP contribution < -0.4 is 15.0 Å². The Morgan fingerprint density at radius 3 is 2.94 bits per heavy atom. The maximum Gasteiger partial charge on any atom is 0.254 e. The number of methoxy groups -OCH3 is 1. The van der Waals surface area contributed by atoms with Gasteiger partial charge in [-0.1, -0.05) is 12.1 Å². The fourth-order valence-corrected chi connectivity index (χ4v) is 4.58. The van der Waals surface area contributed by atoms with E-state index in [1.54, 1.807) is 19.5 Å². The number of amides is 1. The van der Waals surface area contributed by atoms with Gasteiger partial charge < -0.3 is 19.2 Å². The van der Waals surface area contributed by atoms with Gasteiger partial charge in [0.15, 0.2) is 0 Å².